The lowest BCUT2D eigenvalue weighted by molar-refractivity contribution is 0.0643. The van der Waals surface area contributed by atoms with Gasteiger partial charge in [-0.3, -0.25) is 0 Å². The van der Waals surface area contributed by atoms with Gasteiger partial charge >= 0.3 is 0 Å². The molecular weight excluding hydrogens is 214 g/mol. The number of ether oxygens (including phenoxy) is 2. The summed E-state index contributed by atoms with van der Waals surface area (Å²) in [6.07, 6.45) is 1.16. The zero-order valence-corrected chi connectivity index (χ0v) is 10.6. The zero-order valence-electron chi connectivity index (χ0n) is 10.6. The van der Waals surface area contributed by atoms with Crippen LogP contribution < -0.4 is 10.1 Å². The summed E-state index contributed by atoms with van der Waals surface area (Å²) in [5, 5.41) is 3.48. The summed E-state index contributed by atoms with van der Waals surface area (Å²) in [6.45, 7) is 6.54. The molecule has 1 aliphatic rings. The monoisotopic (exact) mass is 235 g/mol. The first-order valence-corrected chi connectivity index (χ1v) is 6.38. The van der Waals surface area contributed by atoms with Gasteiger partial charge in [-0.1, -0.05) is 18.2 Å². The fourth-order valence-electron chi connectivity index (χ4n) is 2.09. The van der Waals surface area contributed by atoms with Crippen LogP contribution in [0.5, 0.6) is 5.75 Å². The molecule has 0 bridgehead atoms. The molecule has 3 nitrogen and oxygen atoms in total. The lowest BCUT2D eigenvalue weighted by atomic mass is 10.1. The molecule has 0 amide bonds. The van der Waals surface area contributed by atoms with Gasteiger partial charge in [0.2, 0.25) is 0 Å². The molecule has 1 heterocycles. The molecule has 1 aliphatic heterocycles. The van der Waals surface area contributed by atoms with Crippen LogP contribution in [0.25, 0.3) is 0 Å². The Morgan fingerprint density at radius 3 is 3.06 bits per heavy atom. The first kappa shape index (κ1) is 12.4. The van der Waals surface area contributed by atoms with Crippen LogP contribution in [-0.4, -0.2) is 25.8 Å². The Morgan fingerprint density at radius 2 is 2.24 bits per heavy atom. The van der Waals surface area contributed by atoms with Crippen molar-refractivity contribution in [2.24, 2.45) is 0 Å². The Kier molecular flexibility index (Phi) is 4.40. The average molecular weight is 235 g/mol. The Hall–Kier alpha value is -1.06. The van der Waals surface area contributed by atoms with Crippen LogP contribution in [0.3, 0.4) is 0 Å². The molecule has 0 aliphatic carbocycles. The van der Waals surface area contributed by atoms with Gasteiger partial charge in [0.1, 0.15) is 5.75 Å². The second kappa shape index (κ2) is 6.03. The molecule has 0 saturated carbocycles. The average Bonchev–Trinajstić information content (AvgIpc) is 2.55. The molecule has 2 unspecified atom stereocenters. The topological polar surface area (TPSA) is 30.5 Å². The molecule has 0 aromatic heterocycles. The standard InChI is InChI=1S/C14H21NO2/c1-3-16-13-7-5-4-6-12(13)14-10-15-11(2)8-9-17-14/h4-7,11,14-15H,3,8-10H2,1-2H3. The highest BCUT2D eigenvalue weighted by Crippen LogP contribution is 2.28. The van der Waals surface area contributed by atoms with Crippen LogP contribution in [0.2, 0.25) is 0 Å². The van der Waals surface area contributed by atoms with Crippen molar-refractivity contribution in [1.82, 2.24) is 5.32 Å². The van der Waals surface area contributed by atoms with Crippen LogP contribution in [-0.2, 0) is 4.74 Å². The lowest BCUT2D eigenvalue weighted by Crippen LogP contribution is -2.27. The first-order chi connectivity index (χ1) is 8.31. The molecule has 1 aromatic carbocycles. The van der Waals surface area contributed by atoms with E-state index in [0.29, 0.717) is 12.6 Å². The minimum Gasteiger partial charge on any atom is -0.493 e. The van der Waals surface area contributed by atoms with Crippen LogP contribution in [0.15, 0.2) is 24.3 Å². The SMILES string of the molecule is CCOc1ccccc1C1CNC(C)CCO1. The fraction of sp³-hybridized carbons (Fsp3) is 0.571. The van der Waals surface area contributed by atoms with Gasteiger partial charge in [-0.2, -0.15) is 0 Å². The number of para-hydroxylation sites is 1. The van der Waals surface area contributed by atoms with E-state index in [4.69, 9.17) is 9.47 Å². The summed E-state index contributed by atoms with van der Waals surface area (Å²) in [6, 6.07) is 8.67. The number of rotatable bonds is 3. The van der Waals surface area contributed by atoms with E-state index in [1.165, 1.54) is 0 Å². The van der Waals surface area contributed by atoms with Gasteiger partial charge < -0.3 is 14.8 Å². The molecule has 1 saturated heterocycles. The van der Waals surface area contributed by atoms with Crippen molar-refractivity contribution >= 4 is 0 Å². The molecular formula is C14H21NO2. The number of hydrogen-bond donors (Lipinski definition) is 1. The van der Waals surface area contributed by atoms with Gasteiger partial charge in [0.05, 0.1) is 12.7 Å². The Labute approximate surface area is 103 Å². The number of hydrogen-bond acceptors (Lipinski definition) is 3. The van der Waals surface area contributed by atoms with Gasteiger partial charge in [0, 0.05) is 24.8 Å². The predicted molar refractivity (Wildman–Crippen MR) is 68.4 cm³/mol. The molecule has 2 rings (SSSR count). The van der Waals surface area contributed by atoms with Crippen molar-refractivity contribution in [2.45, 2.75) is 32.4 Å². The molecule has 1 aromatic rings. The van der Waals surface area contributed by atoms with Crippen LogP contribution >= 0.6 is 0 Å². The van der Waals surface area contributed by atoms with E-state index in [1.54, 1.807) is 0 Å². The van der Waals surface area contributed by atoms with Gasteiger partial charge in [0.15, 0.2) is 0 Å². The number of benzene rings is 1. The largest absolute Gasteiger partial charge is 0.493 e. The van der Waals surface area contributed by atoms with Crippen LogP contribution in [0.4, 0.5) is 0 Å². The first-order valence-electron chi connectivity index (χ1n) is 6.38. The summed E-state index contributed by atoms with van der Waals surface area (Å²) in [4.78, 5) is 0. The molecule has 17 heavy (non-hydrogen) atoms. The molecule has 1 N–H and O–H groups in total. The summed E-state index contributed by atoms with van der Waals surface area (Å²) >= 11 is 0. The molecule has 3 heteroatoms. The Morgan fingerprint density at radius 1 is 1.41 bits per heavy atom. The minimum absolute atomic E-state index is 0.0997. The van der Waals surface area contributed by atoms with E-state index >= 15 is 0 Å². The fourth-order valence-corrected chi connectivity index (χ4v) is 2.09. The molecule has 2 atom stereocenters. The van der Waals surface area contributed by atoms with Gasteiger partial charge in [-0.15, -0.1) is 0 Å². The summed E-state index contributed by atoms with van der Waals surface area (Å²) in [5.41, 5.74) is 1.15. The maximum Gasteiger partial charge on any atom is 0.125 e. The smallest absolute Gasteiger partial charge is 0.125 e. The van der Waals surface area contributed by atoms with E-state index in [2.05, 4.69) is 18.3 Å². The van der Waals surface area contributed by atoms with Crippen molar-refractivity contribution in [3.63, 3.8) is 0 Å². The van der Waals surface area contributed by atoms with Crippen LogP contribution in [0, 0.1) is 0 Å². The molecule has 94 valence electrons. The lowest BCUT2D eigenvalue weighted by Gasteiger charge is -2.19. The van der Waals surface area contributed by atoms with Gasteiger partial charge in [0.25, 0.3) is 0 Å². The highest BCUT2D eigenvalue weighted by atomic mass is 16.5. The quantitative estimate of drug-likeness (QED) is 0.873. The van der Waals surface area contributed by atoms with E-state index in [0.717, 1.165) is 30.9 Å². The van der Waals surface area contributed by atoms with Gasteiger partial charge in [-0.25, -0.2) is 0 Å². The molecule has 0 spiro atoms. The van der Waals surface area contributed by atoms with Crippen molar-refractivity contribution < 1.29 is 9.47 Å². The summed E-state index contributed by atoms with van der Waals surface area (Å²) in [7, 11) is 0. The highest BCUT2D eigenvalue weighted by molar-refractivity contribution is 5.35. The molecule has 0 radical (unpaired) electrons. The van der Waals surface area contributed by atoms with Gasteiger partial charge in [-0.05, 0) is 26.3 Å². The van der Waals surface area contributed by atoms with Crippen molar-refractivity contribution in [3.8, 4) is 5.75 Å². The molecule has 1 fully saturated rings. The summed E-state index contributed by atoms with van der Waals surface area (Å²) < 4.78 is 11.6. The Bertz CT molecular complexity index is 354. The predicted octanol–water partition coefficient (Wildman–Crippen LogP) is 2.52. The Balaban J connectivity index is 2.14. The van der Waals surface area contributed by atoms with Crippen molar-refractivity contribution in [1.29, 1.82) is 0 Å². The van der Waals surface area contributed by atoms with Crippen molar-refractivity contribution in [2.75, 3.05) is 19.8 Å². The summed E-state index contributed by atoms with van der Waals surface area (Å²) in [5.74, 6) is 0.941. The third-order valence-electron chi connectivity index (χ3n) is 3.09. The minimum atomic E-state index is 0.0997. The third kappa shape index (κ3) is 3.20. The third-order valence-corrected chi connectivity index (χ3v) is 3.09. The van der Waals surface area contributed by atoms with Crippen LogP contribution in [0.1, 0.15) is 31.9 Å². The second-order valence-corrected chi connectivity index (χ2v) is 4.43. The maximum atomic E-state index is 5.90. The van der Waals surface area contributed by atoms with E-state index in [9.17, 15) is 0 Å². The second-order valence-electron chi connectivity index (χ2n) is 4.43. The highest BCUT2D eigenvalue weighted by Gasteiger charge is 2.20. The zero-order chi connectivity index (χ0) is 12.1. The van der Waals surface area contributed by atoms with E-state index < -0.39 is 0 Å². The maximum absolute atomic E-state index is 5.90. The van der Waals surface area contributed by atoms with E-state index in [1.807, 2.05) is 25.1 Å². The normalized spacial score (nSPS) is 25.3. The van der Waals surface area contributed by atoms with Crippen molar-refractivity contribution in [3.05, 3.63) is 29.8 Å². The van der Waals surface area contributed by atoms with E-state index in [-0.39, 0.29) is 6.10 Å². The number of nitrogens with one attached hydrogen (secondary N) is 1.